The molecule has 5 unspecified atom stereocenters. The lowest BCUT2D eigenvalue weighted by Crippen LogP contribution is -2.55. The van der Waals surface area contributed by atoms with Crippen molar-refractivity contribution in [3.63, 3.8) is 0 Å². The van der Waals surface area contributed by atoms with E-state index in [1.54, 1.807) is 0 Å². The average Bonchev–Trinajstić information content (AvgIpc) is 2.55. The topological polar surface area (TPSA) is 35.5 Å². The van der Waals surface area contributed by atoms with Crippen LogP contribution in [0.2, 0.25) is 0 Å². The minimum Gasteiger partial charge on any atom is -0.352 e. The molecule has 70 valence electrons. The van der Waals surface area contributed by atoms with Gasteiger partial charge < -0.3 is 9.47 Å². The Balaban J connectivity index is 1.87. The molecule has 0 radical (unpaired) electrons. The van der Waals surface area contributed by atoms with Crippen LogP contribution in [-0.2, 0) is 14.3 Å². The van der Waals surface area contributed by atoms with Crippen molar-refractivity contribution in [1.29, 1.82) is 0 Å². The first kappa shape index (κ1) is 6.96. The number of ether oxygens (including phenoxy) is 2. The SMILES string of the molecule is O=C1C2CC3C(OCC34CCC14)O2. The van der Waals surface area contributed by atoms with Crippen molar-refractivity contribution in [2.75, 3.05) is 6.61 Å². The molecule has 2 aliphatic carbocycles. The first-order chi connectivity index (χ1) is 6.31. The number of carbonyl (C=O) groups excluding carboxylic acids is 1. The maximum Gasteiger partial charge on any atom is 0.165 e. The molecule has 4 aliphatic rings. The fourth-order valence-corrected chi connectivity index (χ4v) is 3.77. The zero-order chi connectivity index (χ0) is 8.63. The van der Waals surface area contributed by atoms with Crippen LogP contribution in [0, 0.1) is 17.3 Å². The third-order valence-electron chi connectivity index (χ3n) is 4.60. The molecule has 0 aromatic rings. The molecule has 2 saturated carbocycles. The second kappa shape index (κ2) is 1.84. The Morgan fingerprint density at radius 1 is 1.46 bits per heavy atom. The first-order valence-electron chi connectivity index (χ1n) is 5.12. The molecule has 5 atom stereocenters. The van der Waals surface area contributed by atoms with Crippen LogP contribution in [0.4, 0.5) is 0 Å². The highest BCUT2D eigenvalue weighted by molar-refractivity contribution is 5.88. The van der Waals surface area contributed by atoms with Gasteiger partial charge in [0, 0.05) is 17.3 Å². The zero-order valence-electron chi connectivity index (χ0n) is 7.36. The van der Waals surface area contributed by atoms with E-state index in [1.165, 1.54) is 6.42 Å². The van der Waals surface area contributed by atoms with E-state index in [0.29, 0.717) is 11.7 Å². The van der Waals surface area contributed by atoms with Crippen molar-refractivity contribution in [1.82, 2.24) is 0 Å². The third kappa shape index (κ3) is 0.561. The Kier molecular flexibility index (Phi) is 0.984. The van der Waals surface area contributed by atoms with E-state index in [0.717, 1.165) is 19.4 Å². The Labute approximate surface area is 76.4 Å². The minimum absolute atomic E-state index is 0.0424. The smallest absolute Gasteiger partial charge is 0.165 e. The number of carbonyl (C=O) groups is 1. The van der Waals surface area contributed by atoms with Crippen LogP contribution < -0.4 is 0 Å². The summed E-state index contributed by atoms with van der Waals surface area (Å²) in [5.74, 6) is 1.19. The number of ketones is 1. The van der Waals surface area contributed by atoms with Gasteiger partial charge in [0.05, 0.1) is 6.61 Å². The molecule has 4 fully saturated rings. The van der Waals surface area contributed by atoms with E-state index >= 15 is 0 Å². The predicted octanol–water partition coefficient (Wildman–Crippen LogP) is 0.727. The highest BCUT2D eigenvalue weighted by atomic mass is 16.7. The molecule has 13 heavy (non-hydrogen) atoms. The summed E-state index contributed by atoms with van der Waals surface area (Å²) < 4.78 is 11.2. The lowest BCUT2D eigenvalue weighted by Gasteiger charge is -2.51. The molecule has 1 spiro atoms. The predicted molar refractivity (Wildman–Crippen MR) is 42.9 cm³/mol. The number of hydrogen-bond donors (Lipinski definition) is 0. The Bertz CT molecular complexity index is 301. The van der Waals surface area contributed by atoms with Crippen molar-refractivity contribution in [3.05, 3.63) is 0 Å². The summed E-state index contributed by atoms with van der Waals surface area (Å²) in [5.41, 5.74) is 0.217. The normalized spacial score (nSPS) is 62.0. The molecular weight excluding hydrogens is 168 g/mol. The monoisotopic (exact) mass is 180 g/mol. The van der Waals surface area contributed by atoms with E-state index in [2.05, 4.69) is 0 Å². The molecule has 2 saturated heterocycles. The third-order valence-corrected chi connectivity index (χ3v) is 4.60. The van der Waals surface area contributed by atoms with Crippen LogP contribution in [-0.4, -0.2) is 24.8 Å². The van der Waals surface area contributed by atoms with Crippen molar-refractivity contribution < 1.29 is 14.3 Å². The van der Waals surface area contributed by atoms with Crippen LogP contribution in [0.25, 0.3) is 0 Å². The lowest BCUT2D eigenvalue weighted by molar-refractivity contribution is -0.167. The molecule has 2 bridgehead atoms. The number of fused-ring (bicyclic) bond motifs is 1. The number of Topliss-reactive ketones (excluding diaryl/α,β-unsaturated/α-hetero) is 1. The van der Waals surface area contributed by atoms with E-state index in [4.69, 9.17) is 9.47 Å². The van der Waals surface area contributed by atoms with Crippen molar-refractivity contribution in [3.8, 4) is 0 Å². The highest BCUT2D eigenvalue weighted by Gasteiger charge is 2.69. The van der Waals surface area contributed by atoms with Gasteiger partial charge in [-0.25, -0.2) is 0 Å². The summed E-state index contributed by atoms with van der Waals surface area (Å²) in [6.07, 6.45) is 3.03. The summed E-state index contributed by atoms with van der Waals surface area (Å²) in [7, 11) is 0. The Hall–Kier alpha value is -0.410. The molecule has 3 heteroatoms. The zero-order valence-corrected chi connectivity index (χ0v) is 7.36. The molecule has 0 amide bonds. The van der Waals surface area contributed by atoms with Gasteiger partial charge in [0.25, 0.3) is 0 Å². The maximum absolute atomic E-state index is 11.8. The highest BCUT2D eigenvalue weighted by Crippen LogP contribution is 2.64. The van der Waals surface area contributed by atoms with Gasteiger partial charge in [0.15, 0.2) is 12.1 Å². The second-order valence-corrected chi connectivity index (χ2v) is 4.87. The molecular formula is C10H12O3. The van der Waals surface area contributed by atoms with Crippen LogP contribution in [0.3, 0.4) is 0 Å². The second-order valence-electron chi connectivity index (χ2n) is 4.87. The maximum atomic E-state index is 11.8. The summed E-state index contributed by atoms with van der Waals surface area (Å²) in [6, 6.07) is 0. The molecule has 0 N–H and O–H groups in total. The van der Waals surface area contributed by atoms with Gasteiger partial charge in [-0.05, 0) is 19.3 Å². The van der Waals surface area contributed by atoms with Gasteiger partial charge >= 0.3 is 0 Å². The largest absolute Gasteiger partial charge is 0.352 e. The van der Waals surface area contributed by atoms with Crippen molar-refractivity contribution >= 4 is 5.78 Å². The van der Waals surface area contributed by atoms with E-state index in [9.17, 15) is 4.79 Å². The van der Waals surface area contributed by atoms with Crippen molar-refractivity contribution in [2.24, 2.45) is 17.3 Å². The molecule has 2 aliphatic heterocycles. The van der Waals surface area contributed by atoms with Gasteiger partial charge in [-0.15, -0.1) is 0 Å². The van der Waals surface area contributed by atoms with Gasteiger partial charge in [0.2, 0.25) is 0 Å². The number of hydrogen-bond acceptors (Lipinski definition) is 3. The average molecular weight is 180 g/mol. The lowest BCUT2D eigenvalue weighted by atomic mass is 9.50. The molecule has 0 aromatic heterocycles. The van der Waals surface area contributed by atoms with E-state index in [1.807, 2.05) is 0 Å². The standard InChI is InChI=1S/C10H12O3/c11-8-5-1-2-10(5)4-12-9-6(10)3-7(8)13-9/h5-7,9H,1-4H2. The van der Waals surface area contributed by atoms with Crippen LogP contribution in [0.1, 0.15) is 19.3 Å². The van der Waals surface area contributed by atoms with Gasteiger partial charge in [-0.3, -0.25) is 4.79 Å². The van der Waals surface area contributed by atoms with Gasteiger partial charge in [-0.1, -0.05) is 0 Å². The molecule has 0 aromatic carbocycles. The summed E-state index contributed by atoms with van der Waals surface area (Å²) in [6.45, 7) is 0.769. The van der Waals surface area contributed by atoms with Crippen LogP contribution in [0.15, 0.2) is 0 Å². The number of rotatable bonds is 0. The Morgan fingerprint density at radius 3 is 3.15 bits per heavy atom. The Morgan fingerprint density at radius 2 is 2.38 bits per heavy atom. The van der Waals surface area contributed by atoms with E-state index < -0.39 is 0 Å². The fraction of sp³-hybridized carbons (Fsp3) is 0.900. The summed E-state index contributed by atoms with van der Waals surface area (Å²) in [4.78, 5) is 11.8. The van der Waals surface area contributed by atoms with E-state index in [-0.39, 0.29) is 23.7 Å². The van der Waals surface area contributed by atoms with Crippen molar-refractivity contribution in [2.45, 2.75) is 31.7 Å². The first-order valence-corrected chi connectivity index (χ1v) is 5.12. The summed E-state index contributed by atoms with van der Waals surface area (Å²) in [5, 5.41) is 0. The van der Waals surface area contributed by atoms with Gasteiger partial charge in [-0.2, -0.15) is 0 Å². The van der Waals surface area contributed by atoms with Crippen LogP contribution >= 0.6 is 0 Å². The minimum atomic E-state index is -0.117. The quantitative estimate of drug-likeness (QED) is 0.551. The summed E-state index contributed by atoms with van der Waals surface area (Å²) >= 11 is 0. The van der Waals surface area contributed by atoms with Gasteiger partial charge in [0.1, 0.15) is 6.10 Å². The molecule has 4 rings (SSSR count). The fourth-order valence-electron chi connectivity index (χ4n) is 3.77. The molecule has 3 nitrogen and oxygen atoms in total. The molecule has 2 heterocycles. The van der Waals surface area contributed by atoms with Crippen LogP contribution in [0.5, 0.6) is 0 Å².